The number of fused-ring (bicyclic) bond motifs is 1. The quantitative estimate of drug-likeness (QED) is 0.663. The van der Waals surface area contributed by atoms with Crippen LogP contribution < -0.4 is 10.6 Å². The Bertz CT molecular complexity index is 1210. The minimum absolute atomic E-state index is 0.0361. The van der Waals surface area contributed by atoms with Gasteiger partial charge in [0.1, 0.15) is 10.7 Å². The van der Waals surface area contributed by atoms with E-state index in [1.165, 1.54) is 29.8 Å². The SMILES string of the molecule is Cc1nc2cc(C(F)(F)F)ccc2n1NC(=O)c1ccc(Cl)c(S(N)(=O)=O)c1. The van der Waals surface area contributed by atoms with Gasteiger partial charge in [-0.1, -0.05) is 11.6 Å². The number of benzene rings is 2. The van der Waals surface area contributed by atoms with Crippen molar-refractivity contribution in [1.29, 1.82) is 0 Å². The van der Waals surface area contributed by atoms with Gasteiger partial charge in [-0.25, -0.2) is 23.2 Å². The van der Waals surface area contributed by atoms with Crippen LogP contribution in [0.3, 0.4) is 0 Å². The average Bonchev–Trinajstić information content (AvgIpc) is 2.88. The number of rotatable bonds is 3. The lowest BCUT2D eigenvalue weighted by Crippen LogP contribution is -2.24. The Labute approximate surface area is 161 Å². The third-order valence-corrected chi connectivity index (χ3v) is 5.26. The van der Waals surface area contributed by atoms with Gasteiger partial charge in [0.2, 0.25) is 10.0 Å². The van der Waals surface area contributed by atoms with Crippen LogP contribution in [0.2, 0.25) is 5.02 Å². The minimum Gasteiger partial charge on any atom is -0.267 e. The summed E-state index contributed by atoms with van der Waals surface area (Å²) in [5.41, 5.74) is 1.80. The molecule has 0 saturated carbocycles. The number of carbonyl (C=O) groups is 1. The first-order valence-corrected chi connectivity index (χ1v) is 9.50. The van der Waals surface area contributed by atoms with Gasteiger partial charge in [-0.2, -0.15) is 13.2 Å². The van der Waals surface area contributed by atoms with Crippen molar-refractivity contribution >= 4 is 38.6 Å². The molecule has 0 bridgehead atoms. The van der Waals surface area contributed by atoms with E-state index in [0.717, 1.165) is 18.2 Å². The number of amides is 1. The van der Waals surface area contributed by atoms with E-state index < -0.39 is 32.6 Å². The number of sulfonamides is 1. The number of nitrogens with zero attached hydrogens (tertiary/aromatic N) is 2. The second-order valence-corrected chi connectivity index (χ2v) is 7.76. The molecule has 0 aliphatic carbocycles. The van der Waals surface area contributed by atoms with E-state index in [0.29, 0.717) is 0 Å². The molecular formula is C16H12ClF3N4O3S. The highest BCUT2D eigenvalue weighted by Gasteiger charge is 2.31. The molecular weight excluding hydrogens is 421 g/mol. The fourth-order valence-electron chi connectivity index (χ4n) is 2.55. The molecule has 3 rings (SSSR count). The number of nitrogens with one attached hydrogen (secondary N) is 1. The Morgan fingerprint density at radius 2 is 1.89 bits per heavy atom. The van der Waals surface area contributed by atoms with Crippen molar-refractivity contribution < 1.29 is 26.4 Å². The second-order valence-electron chi connectivity index (χ2n) is 5.83. The van der Waals surface area contributed by atoms with Crippen LogP contribution in [0.15, 0.2) is 41.3 Å². The van der Waals surface area contributed by atoms with Crippen molar-refractivity contribution in [3.8, 4) is 0 Å². The van der Waals surface area contributed by atoms with Crippen LogP contribution in [0.4, 0.5) is 13.2 Å². The molecule has 148 valence electrons. The molecule has 0 saturated heterocycles. The van der Waals surface area contributed by atoms with Crippen LogP contribution >= 0.6 is 11.6 Å². The van der Waals surface area contributed by atoms with E-state index in [1.54, 1.807) is 0 Å². The van der Waals surface area contributed by atoms with Gasteiger partial charge in [-0.3, -0.25) is 10.2 Å². The first-order valence-electron chi connectivity index (χ1n) is 7.58. The molecule has 7 nitrogen and oxygen atoms in total. The van der Waals surface area contributed by atoms with Crippen molar-refractivity contribution in [3.63, 3.8) is 0 Å². The molecule has 0 radical (unpaired) electrons. The fraction of sp³-hybridized carbons (Fsp3) is 0.125. The van der Waals surface area contributed by atoms with Crippen LogP contribution in [0, 0.1) is 6.92 Å². The lowest BCUT2D eigenvalue weighted by molar-refractivity contribution is -0.137. The Balaban J connectivity index is 1.99. The van der Waals surface area contributed by atoms with Gasteiger partial charge in [0.05, 0.1) is 21.6 Å². The number of carbonyl (C=O) groups excluding carboxylic acids is 1. The van der Waals surface area contributed by atoms with E-state index in [2.05, 4.69) is 10.4 Å². The zero-order chi connectivity index (χ0) is 20.9. The highest BCUT2D eigenvalue weighted by Crippen LogP contribution is 2.31. The largest absolute Gasteiger partial charge is 0.416 e. The Morgan fingerprint density at radius 1 is 1.21 bits per heavy atom. The van der Waals surface area contributed by atoms with E-state index >= 15 is 0 Å². The van der Waals surface area contributed by atoms with Crippen molar-refractivity contribution in [1.82, 2.24) is 9.66 Å². The van der Waals surface area contributed by atoms with Gasteiger partial charge in [-0.05, 0) is 43.3 Å². The summed E-state index contributed by atoms with van der Waals surface area (Å²) in [5.74, 6) is -0.507. The number of hydrogen-bond acceptors (Lipinski definition) is 4. The molecule has 1 amide bonds. The maximum Gasteiger partial charge on any atom is 0.416 e. The van der Waals surface area contributed by atoms with Crippen molar-refractivity contribution in [3.05, 3.63) is 58.4 Å². The summed E-state index contributed by atoms with van der Waals surface area (Å²) in [6, 6.07) is 6.40. The summed E-state index contributed by atoms with van der Waals surface area (Å²) in [6.45, 7) is 1.49. The first-order chi connectivity index (χ1) is 12.9. The first kappa shape index (κ1) is 20.1. The van der Waals surface area contributed by atoms with Crippen LogP contribution in [0.1, 0.15) is 21.7 Å². The Hall–Kier alpha value is -2.63. The molecule has 12 heteroatoms. The smallest absolute Gasteiger partial charge is 0.267 e. The summed E-state index contributed by atoms with van der Waals surface area (Å²) in [4.78, 5) is 16.1. The van der Waals surface area contributed by atoms with Crippen LogP contribution in [-0.2, 0) is 16.2 Å². The number of aromatic nitrogens is 2. The molecule has 1 heterocycles. The van der Waals surface area contributed by atoms with Gasteiger partial charge in [0.25, 0.3) is 5.91 Å². The monoisotopic (exact) mass is 432 g/mol. The fourth-order valence-corrected chi connectivity index (χ4v) is 3.62. The number of primary sulfonamides is 1. The Kier molecular flexibility index (Phi) is 4.86. The van der Waals surface area contributed by atoms with Crippen molar-refractivity contribution in [2.75, 3.05) is 5.43 Å². The van der Waals surface area contributed by atoms with E-state index in [9.17, 15) is 26.4 Å². The molecule has 0 aliphatic rings. The molecule has 1 aromatic heterocycles. The Morgan fingerprint density at radius 3 is 2.50 bits per heavy atom. The van der Waals surface area contributed by atoms with Crippen molar-refractivity contribution in [2.24, 2.45) is 5.14 Å². The van der Waals surface area contributed by atoms with Gasteiger partial charge >= 0.3 is 6.18 Å². The standard InChI is InChI=1S/C16H12ClF3N4O3S/c1-8-22-12-7-10(16(18,19)20)3-5-13(12)24(8)23-15(25)9-2-4-11(17)14(6-9)28(21,26)27/h2-7H,1H3,(H,23,25)(H2,21,26,27). The van der Waals surface area contributed by atoms with E-state index in [1.807, 2.05) is 0 Å². The number of nitrogens with two attached hydrogens (primary N) is 1. The van der Waals surface area contributed by atoms with Gasteiger partial charge in [0, 0.05) is 5.56 Å². The molecule has 3 aromatic rings. The van der Waals surface area contributed by atoms with Gasteiger partial charge < -0.3 is 0 Å². The highest BCUT2D eigenvalue weighted by atomic mass is 35.5. The number of imidazole rings is 1. The van der Waals surface area contributed by atoms with E-state index in [4.69, 9.17) is 16.7 Å². The van der Waals surface area contributed by atoms with Crippen LogP contribution in [0.25, 0.3) is 11.0 Å². The maximum atomic E-state index is 12.8. The summed E-state index contributed by atoms with van der Waals surface area (Å²) in [6.07, 6.45) is -4.53. The van der Waals surface area contributed by atoms with Crippen LogP contribution in [-0.4, -0.2) is 24.0 Å². The summed E-state index contributed by atoms with van der Waals surface area (Å²) < 4.78 is 62.8. The predicted molar refractivity (Wildman–Crippen MR) is 96.0 cm³/mol. The molecule has 2 aromatic carbocycles. The average molecular weight is 433 g/mol. The highest BCUT2D eigenvalue weighted by molar-refractivity contribution is 7.89. The maximum absolute atomic E-state index is 12.8. The number of alkyl halides is 3. The molecule has 0 atom stereocenters. The third kappa shape index (κ3) is 3.81. The summed E-state index contributed by atoms with van der Waals surface area (Å²) >= 11 is 5.79. The normalized spacial score (nSPS) is 12.4. The topological polar surface area (TPSA) is 107 Å². The minimum atomic E-state index is -4.53. The second kappa shape index (κ2) is 6.76. The van der Waals surface area contributed by atoms with E-state index in [-0.39, 0.29) is 27.4 Å². The van der Waals surface area contributed by atoms with Crippen molar-refractivity contribution in [2.45, 2.75) is 18.0 Å². The van der Waals surface area contributed by atoms with Crippen LogP contribution in [0.5, 0.6) is 0 Å². The summed E-state index contributed by atoms with van der Waals surface area (Å²) in [7, 11) is -4.15. The molecule has 0 unspecified atom stereocenters. The zero-order valence-corrected chi connectivity index (χ0v) is 15.7. The molecule has 3 N–H and O–H groups in total. The summed E-state index contributed by atoms with van der Waals surface area (Å²) in [5, 5.41) is 4.91. The van der Waals surface area contributed by atoms with Gasteiger partial charge in [0.15, 0.2) is 0 Å². The molecule has 0 fully saturated rings. The third-order valence-electron chi connectivity index (χ3n) is 3.86. The number of aryl methyl sites for hydroxylation is 1. The molecule has 0 spiro atoms. The number of halogens is 4. The molecule has 28 heavy (non-hydrogen) atoms. The lowest BCUT2D eigenvalue weighted by atomic mass is 10.2. The zero-order valence-electron chi connectivity index (χ0n) is 14.1. The number of hydrogen-bond donors (Lipinski definition) is 2. The lowest BCUT2D eigenvalue weighted by Gasteiger charge is -2.11. The molecule has 0 aliphatic heterocycles. The van der Waals surface area contributed by atoms with Gasteiger partial charge in [-0.15, -0.1) is 0 Å². The predicted octanol–water partition coefficient (Wildman–Crippen LogP) is 3.05.